The number of ketones is 1. The molecule has 0 spiro atoms. The van der Waals surface area contributed by atoms with Gasteiger partial charge in [-0.15, -0.1) is 0 Å². The van der Waals surface area contributed by atoms with Crippen LogP contribution < -0.4 is 0 Å². The molecule has 2 rings (SSSR count). The minimum absolute atomic E-state index is 0.00521. The Balaban J connectivity index is 1.92. The van der Waals surface area contributed by atoms with E-state index in [9.17, 15) is 4.79 Å². The third-order valence-corrected chi connectivity index (χ3v) is 2.92. The summed E-state index contributed by atoms with van der Waals surface area (Å²) in [6, 6.07) is 7.35. The summed E-state index contributed by atoms with van der Waals surface area (Å²) in [6.07, 6.45) is 0.0939. The maximum absolute atomic E-state index is 11.7. The Labute approximate surface area is 96.5 Å². The van der Waals surface area contributed by atoms with Crippen molar-refractivity contribution in [3.8, 4) is 0 Å². The van der Waals surface area contributed by atoms with Crippen LogP contribution in [0.25, 0.3) is 0 Å². The molecule has 1 fully saturated rings. The summed E-state index contributed by atoms with van der Waals surface area (Å²) >= 11 is 3.33. The van der Waals surface area contributed by atoms with E-state index in [1.807, 2.05) is 18.2 Å². The van der Waals surface area contributed by atoms with Gasteiger partial charge in [0, 0.05) is 10.0 Å². The van der Waals surface area contributed by atoms with Crippen LogP contribution in [0.15, 0.2) is 28.7 Å². The number of hydrogen-bond acceptors (Lipinski definition) is 3. The molecule has 0 saturated carbocycles. The quantitative estimate of drug-likeness (QED) is 0.786. The summed E-state index contributed by atoms with van der Waals surface area (Å²) in [4.78, 5) is 11.7. The smallest absolute Gasteiger partial charge is 0.189 e. The highest BCUT2D eigenvalue weighted by Gasteiger charge is 2.20. The fraction of sp³-hybridized carbons (Fsp3) is 0.364. The van der Waals surface area contributed by atoms with Crippen LogP contribution in [0.4, 0.5) is 0 Å². The molecule has 1 aromatic rings. The van der Waals surface area contributed by atoms with Crippen LogP contribution in [0.2, 0.25) is 0 Å². The predicted octanol–water partition coefficient (Wildman–Crippen LogP) is 2.05. The van der Waals surface area contributed by atoms with E-state index < -0.39 is 0 Å². The molecule has 0 bridgehead atoms. The Morgan fingerprint density at radius 3 is 2.80 bits per heavy atom. The Morgan fingerprint density at radius 2 is 2.20 bits per heavy atom. The molecule has 15 heavy (non-hydrogen) atoms. The number of rotatable bonds is 4. The van der Waals surface area contributed by atoms with Crippen LogP contribution in [0.1, 0.15) is 10.4 Å². The van der Waals surface area contributed by atoms with Crippen molar-refractivity contribution < 1.29 is 14.3 Å². The van der Waals surface area contributed by atoms with E-state index >= 15 is 0 Å². The largest absolute Gasteiger partial charge is 0.376 e. The first-order valence-electron chi connectivity index (χ1n) is 4.74. The zero-order chi connectivity index (χ0) is 10.7. The molecule has 1 saturated heterocycles. The number of benzene rings is 1. The minimum Gasteiger partial charge on any atom is -0.376 e. The molecular weight excluding hydrogens is 260 g/mol. The van der Waals surface area contributed by atoms with Gasteiger partial charge in [0.25, 0.3) is 0 Å². The fourth-order valence-electron chi connectivity index (χ4n) is 1.27. The van der Waals surface area contributed by atoms with Crippen molar-refractivity contribution in [2.45, 2.75) is 6.10 Å². The molecule has 0 unspecified atom stereocenters. The first kappa shape index (κ1) is 10.8. The SMILES string of the molecule is O=C(COC1COC1)c1ccccc1Br. The molecule has 1 aromatic carbocycles. The van der Waals surface area contributed by atoms with Crippen molar-refractivity contribution in [1.82, 2.24) is 0 Å². The van der Waals surface area contributed by atoms with Crippen LogP contribution in [-0.2, 0) is 9.47 Å². The van der Waals surface area contributed by atoms with Crippen LogP contribution in [0, 0.1) is 0 Å². The van der Waals surface area contributed by atoms with Gasteiger partial charge in [-0.3, -0.25) is 4.79 Å². The third-order valence-electron chi connectivity index (χ3n) is 2.23. The summed E-state index contributed by atoms with van der Waals surface area (Å²) in [7, 11) is 0. The highest BCUT2D eigenvalue weighted by atomic mass is 79.9. The lowest BCUT2D eigenvalue weighted by Crippen LogP contribution is -2.37. The van der Waals surface area contributed by atoms with Crippen molar-refractivity contribution >= 4 is 21.7 Å². The Kier molecular flexibility index (Phi) is 3.51. The normalized spacial score (nSPS) is 16.1. The predicted molar refractivity (Wildman–Crippen MR) is 59.0 cm³/mol. The lowest BCUT2D eigenvalue weighted by atomic mass is 10.1. The van der Waals surface area contributed by atoms with Crippen LogP contribution in [-0.4, -0.2) is 31.7 Å². The maximum Gasteiger partial charge on any atom is 0.189 e. The van der Waals surface area contributed by atoms with Crippen LogP contribution in [0.3, 0.4) is 0 Å². The van der Waals surface area contributed by atoms with Gasteiger partial charge in [-0.1, -0.05) is 34.1 Å². The average molecular weight is 271 g/mol. The van der Waals surface area contributed by atoms with Gasteiger partial charge in [-0.2, -0.15) is 0 Å². The van der Waals surface area contributed by atoms with E-state index in [0.717, 1.165) is 4.47 Å². The topological polar surface area (TPSA) is 35.5 Å². The second-order valence-corrected chi connectivity index (χ2v) is 4.23. The zero-order valence-electron chi connectivity index (χ0n) is 8.11. The van der Waals surface area contributed by atoms with Crippen molar-refractivity contribution in [3.05, 3.63) is 34.3 Å². The second kappa shape index (κ2) is 4.88. The number of hydrogen-bond donors (Lipinski definition) is 0. The van der Waals surface area contributed by atoms with Gasteiger partial charge < -0.3 is 9.47 Å². The van der Waals surface area contributed by atoms with E-state index in [0.29, 0.717) is 18.8 Å². The van der Waals surface area contributed by atoms with Gasteiger partial charge in [0.15, 0.2) is 5.78 Å². The zero-order valence-corrected chi connectivity index (χ0v) is 9.70. The standard InChI is InChI=1S/C11H11BrO3/c12-10-4-2-1-3-9(10)11(13)7-15-8-5-14-6-8/h1-4,8H,5-7H2. The summed E-state index contributed by atoms with van der Waals surface area (Å²) in [5.74, 6) is -0.00521. The summed E-state index contributed by atoms with van der Waals surface area (Å²) in [5, 5.41) is 0. The number of ether oxygens (including phenoxy) is 2. The molecule has 3 nitrogen and oxygen atoms in total. The molecule has 0 amide bonds. The first-order chi connectivity index (χ1) is 7.27. The summed E-state index contributed by atoms with van der Waals surface area (Å²) in [5.41, 5.74) is 0.665. The number of Topliss-reactive ketones (excluding diaryl/α,β-unsaturated/α-hetero) is 1. The summed E-state index contributed by atoms with van der Waals surface area (Å²) < 4.78 is 11.1. The monoisotopic (exact) mass is 270 g/mol. The lowest BCUT2D eigenvalue weighted by molar-refractivity contribution is -0.123. The van der Waals surface area contributed by atoms with Gasteiger partial charge in [0.1, 0.15) is 12.7 Å². The summed E-state index contributed by atoms with van der Waals surface area (Å²) in [6.45, 7) is 1.32. The highest BCUT2D eigenvalue weighted by Crippen LogP contribution is 2.17. The molecule has 80 valence electrons. The number of carbonyl (C=O) groups is 1. The lowest BCUT2D eigenvalue weighted by Gasteiger charge is -2.25. The molecule has 0 N–H and O–H groups in total. The molecule has 1 aliphatic rings. The molecule has 0 aliphatic carbocycles. The average Bonchev–Trinajstić information content (AvgIpc) is 2.16. The van der Waals surface area contributed by atoms with E-state index in [1.54, 1.807) is 6.07 Å². The van der Waals surface area contributed by atoms with E-state index in [2.05, 4.69) is 15.9 Å². The fourth-order valence-corrected chi connectivity index (χ4v) is 1.77. The molecule has 4 heteroatoms. The second-order valence-electron chi connectivity index (χ2n) is 3.37. The van der Waals surface area contributed by atoms with Crippen LogP contribution >= 0.6 is 15.9 Å². The first-order valence-corrected chi connectivity index (χ1v) is 5.54. The van der Waals surface area contributed by atoms with Gasteiger partial charge in [0.2, 0.25) is 0 Å². The third kappa shape index (κ3) is 2.65. The molecule has 0 atom stereocenters. The van der Waals surface area contributed by atoms with Gasteiger partial charge in [0.05, 0.1) is 13.2 Å². The van der Waals surface area contributed by atoms with E-state index in [-0.39, 0.29) is 18.5 Å². The highest BCUT2D eigenvalue weighted by molar-refractivity contribution is 9.10. The van der Waals surface area contributed by atoms with Crippen molar-refractivity contribution in [2.75, 3.05) is 19.8 Å². The Morgan fingerprint density at radius 1 is 1.47 bits per heavy atom. The van der Waals surface area contributed by atoms with Crippen molar-refractivity contribution in [2.24, 2.45) is 0 Å². The van der Waals surface area contributed by atoms with E-state index in [4.69, 9.17) is 9.47 Å². The van der Waals surface area contributed by atoms with E-state index in [1.165, 1.54) is 0 Å². The Bertz CT molecular complexity index is 361. The number of halogens is 1. The molecular formula is C11H11BrO3. The van der Waals surface area contributed by atoms with Crippen LogP contribution in [0.5, 0.6) is 0 Å². The molecule has 0 radical (unpaired) electrons. The van der Waals surface area contributed by atoms with Crippen molar-refractivity contribution in [1.29, 1.82) is 0 Å². The minimum atomic E-state index is -0.00521. The van der Waals surface area contributed by atoms with Gasteiger partial charge in [-0.25, -0.2) is 0 Å². The molecule has 1 heterocycles. The van der Waals surface area contributed by atoms with Crippen molar-refractivity contribution in [3.63, 3.8) is 0 Å². The van der Waals surface area contributed by atoms with Gasteiger partial charge >= 0.3 is 0 Å². The maximum atomic E-state index is 11.7. The molecule has 1 aliphatic heterocycles. The molecule has 0 aromatic heterocycles. The Hall–Kier alpha value is -0.710. The van der Waals surface area contributed by atoms with Gasteiger partial charge in [-0.05, 0) is 6.07 Å². The number of carbonyl (C=O) groups excluding carboxylic acids is 1.